The summed E-state index contributed by atoms with van der Waals surface area (Å²) < 4.78 is 5.11. The molecule has 0 fully saturated rings. The van der Waals surface area contributed by atoms with Crippen LogP contribution >= 0.6 is 0 Å². The zero-order valence-corrected chi connectivity index (χ0v) is 10.1. The molecular weight excluding hydrogens is 220 g/mol. The average Bonchev–Trinajstić information content (AvgIpc) is 2.30. The lowest BCUT2D eigenvalue weighted by molar-refractivity contribution is 0.0696. The molecule has 17 heavy (non-hydrogen) atoms. The first-order valence-electron chi connectivity index (χ1n) is 5.62. The number of carbonyl (C=O) groups is 1. The van der Waals surface area contributed by atoms with Crippen LogP contribution in [-0.4, -0.2) is 35.8 Å². The van der Waals surface area contributed by atoms with Crippen LogP contribution in [0.3, 0.4) is 0 Å². The van der Waals surface area contributed by atoms with Gasteiger partial charge in [0.25, 0.3) is 0 Å². The Morgan fingerprint density at radius 1 is 1.59 bits per heavy atom. The van der Waals surface area contributed by atoms with Gasteiger partial charge in [-0.1, -0.05) is 13.3 Å². The molecule has 1 aromatic heterocycles. The summed E-state index contributed by atoms with van der Waals surface area (Å²) in [5.74, 6) is -0.295. The monoisotopic (exact) mass is 238 g/mol. The second-order valence-electron chi connectivity index (χ2n) is 3.82. The van der Waals surface area contributed by atoms with Crippen molar-refractivity contribution in [3.05, 3.63) is 23.9 Å². The van der Waals surface area contributed by atoms with Gasteiger partial charge in [0.1, 0.15) is 5.82 Å². The number of hydrogen-bond acceptors (Lipinski definition) is 4. The van der Waals surface area contributed by atoms with Gasteiger partial charge in [-0.15, -0.1) is 0 Å². The lowest BCUT2D eigenvalue weighted by Crippen LogP contribution is -2.25. The van der Waals surface area contributed by atoms with E-state index < -0.39 is 5.97 Å². The summed E-state index contributed by atoms with van der Waals surface area (Å²) in [6.07, 6.45) is 3.38. The molecule has 0 aliphatic carbocycles. The summed E-state index contributed by atoms with van der Waals surface area (Å²) in [4.78, 5) is 14.7. The number of carboxylic acids is 1. The Morgan fingerprint density at radius 2 is 2.35 bits per heavy atom. The Labute approximate surface area is 101 Å². The predicted molar refractivity (Wildman–Crippen MR) is 65.4 cm³/mol. The Kier molecular flexibility index (Phi) is 5.42. The van der Waals surface area contributed by atoms with E-state index in [1.165, 1.54) is 12.3 Å². The number of nitrogens with zero attached hydrogens (tertiary/aromatic N) is 1. The van der Waals surface area contributed by atoms with Crippen LogP contribution in [0.5, 0.6) is 0 Å². The molecule has 2 N–H and O–H groups in total. The van der Waals surface area contributed by atoms with Gasteiger partial charge in [0.05, 0.1) is 18.2 Å². The molecule has 1 rings (SSSR count). The van der Waals surface area contributed by atoms with Crippen molar-refractivity contribution in [1.29, 1.82) is 0 Å². The Hall–Kier alpha value is -1.62. The number of carboxylic acid groups (broad SMARTS) is 1. The normalized spacial score (nSPS) is 12.1. The van der Waals surface area contributed by atoms with Gasteiger partial charge in [0.15, 0.2) is 0 Å². The van der Waals surface area contributed by atoms with Crippen molar-refractivity contribution in [2.24, 2.45) is 0 Å². The highest BCUT2D eigenvalue weighted by molar-refractivity contribution is 5.87. The van der Waals surface area contributed by atoms with Crippen molar-refractivity contribution < 1.29 is 14.6 Å². The first-order chi connectivity index (χ1) is 8.17. The van der Waals surface area contributed by atoms with E-state index in [2.05, 4.69) is 17.2 Å². The van der Waals surface area contributed by atoms with Crippen LogP contribution in [0.1, 0.15) is 30.1 Å². The minimum atomic E-state index is -0.967. The van der Waals surface area contributed by atoms with Crippen LogP contribution in [-0.2, 0) is 4.74 Å². The fourth-order valence-electron chi connectivity index (χ4n) is 1.56. The standard InChI is InChI=1S/C12H18N2O3/c1-3-4-10(8-17-2)14-11-6-5-9(7-13-11)12(15)16/h5-7,10H,3-4,8H2,1-2H3,(H,13,14)(H,15,16). The third-order valence-corrected chi connectivity index (χ3v) is 2.37. The van der Waals surface area contributed by atoms with E-state index in [4.69, 9.17) is 9.84 Å². The number of methoxy groups -OCH3 is 1. The second-order valence-corrected chi connectivity index (χ2v) is 3.82. The van der Waals surface area contributed by atoms with E-state index in [-0.39, 0.29) is 11.6 Å². The molecular formula is C12H18N2O3. The largest absolute Gasteiger partial charge is 0.478 e. The number of aromatic nitrogens is 1. The molecule has 0 aliphatic rings. The van der Waals surface area contributed by atoms with Crippen molar-refractivity contribution in [2.75, 3.05) is 19.0 Å². The summed E-state index contributed by atoms with van der Waals surface area (Å²) >= 11 is 0. The van der Waals surface area contributed by atoms with Crippen molar-refractivity contribution in [3.63, 3.8) is 0 Å². The minimum Gasteiger partial charge on any atom is -0.478 e. The zero-order chi connectivity index (χ0) is 12.7. The highest BCUT2D eigenvalue weighted by atomic mass is 16.5. The maximum atomic E-state index is 10.7. The molecule has 1 aromatic rings. The van der Waals surface area contributed by atoms with Crippen molar-refractivity contribution in [2.45, 2.75) is 25.8 Å². The molecule has 0 radical (unpaired) electrons. The first-order valence-corrected chi connectivity index (χ1v) is 5.62. The van der Waals surface area contributed by atoms with E-state index >= 15 is 0 Å². The number of nitrogens with one attached hydrogen (secondary N) is 1. The third kappa shape index (κ3) is 4.40. The van der Waals surface area contributed by atoms with Crippen molar-refractivity contribution >= 4 is 11.8 Å². The summed E-state index contributed by atoms with van der Waals surface area (Å²) in [5.41, 5.74) is 0.189. The lowest BCUT2D eigenvalue weighted by Gasteiger charge is -2.17. The van der Waals surface area contributed by atoms with Crippen LogP contribution in [0.4, 0.5) is 5.82 Å². The van der Waals surface area contributed by atoms with Crippen LogP contribution in [0, 0.1) is 0 Å². The smallest absolute Gasteiger partial charge is 0.337 e. The maximum Gasteiger partial charge on any atom is 0.337 e. The quantitative estimate of drug-likeness (QED) is 0.760. The lowest BCUT2D eigenvalue weighted by atomic mass is 10.2. The molecule has 0 bridgehead atoms. The van der Waals surface area contributed by atoms with Gasteiger partial charge in [-0.2, -0.15) is 0 Å². The molecule has 0 aromatic carbocycles. The maximum absolute atomic E-state index is 10.7. The molecule has 1 unspecified atom stereocenters. The zero-order valence-electron chi connectivity index (χ0n) is 10.1. The molecule has 1 heterocycles. The van der Waals surface area contributed by atoms with Gasteiger partial charge in [-0.05, 0) is 18.6 Å². The van der Waals surface area contributed by atoms with Gasteiger partial charge in [0.2, 0.25) is 0 Å². The van der Waals surface area contributed by atoms with E-state index in [9.17, 15) is 4.79 Å². The summed E-state index contributed by atoms with van der Waals surface area (Å²) in [6.45, 7) is 2.71. The van der Waals surface area contributed by atoms with Gasteiger partial charge in [-0.25, -0.2) is 9.78 Å². The summed E-state index contributed by atoms with van der Waals surface area (Å²) in [5, 5.41) is 12.0. The second kappa shape index (κ2) is 6.85. The van der Waals surface area contributed by atoms with E-state index in [0.717, 1.165) is 12.8 Å². The number of rotatable bonds is 7. The van der Waals surface area contributed by atoms with Crippen molar-refractivity contribution in [1.82, 2.24) is 4.98 Å². The number of ether oxygens (including phenoxy) is 1. The molecule has 5 heteroatoms. The highest BCUT2D eigenvalue weighted by Crippen LogP contribution is 2.09. The molecule has 0 saturated carbocycles. The number of pyridine rings is 1. The molecule has 0 amide bonds. The Balaban J connectivity index is 2.62. The Bertz CT molecular complexity index is 345. The fraction of sp³-hybridized carbons (Fsp3) is 0.500. The SMILES string of the molecule is CCCC(COC)Nc1ccc(C(=O)O)cn1. The number of anilines is 1. The van der Waals surface area contributed by atoms with Crippen LogP contribution in [0.25, 0.3) is 0 Å². The first kappa shape index (κ1) is 13.4. The molecule has 94 valence electrons. The van der Waals surface area contributed by atoms with E-state index in [0.29, 0.717) is 12.4 Å². The van der Waals surface area contributed by atoms with Gasteiger partial charge in [-0.3, -0.25) is 0 Å². The fourth-order valence-corrected chi connectivity index (χ4v) is 1.56. The van der Waals surface area contributed by atoms with E-state index in [1.807, 2.05) is 0 Å². The topological polar surface area (TPSA) is 71.5 Å². The Morgan fingerprint density at radius 3 is 2.82 bits per heavy atom. The summed E-state index contributed by atoms with van der Waals surface area (Å²) in [6, 6.07) is 3.41. The summed E-state index contributed by atoms with van der Waals surface area (Å²) in [7, 11) is 1.66. The average molecular weight is 238 g/mol. The van der Waals surface area contributed by atoms with Gasteiger partial charge >= 0.3 is 5.97 Å². The van der Waals surface area contributed by atoms with Crippen LogP contribution < -0.4 is 5.32 Å². The highest BCUT2D eigenvalue weighted by Gasteiger charge is 2.08. The number of hydrogen-bond donors (Lipinski definition) is 2. The van der Waals surface area contributed by atoms with E-state index in [1.54, 1.807) is 13.2 Å². The van der Waals surface area contributed by atoms with Gasteiger partial charge in [0, 0.05) is 13.3 Å². The van der Waals surface area contributed by atoms with Crippen molar-refractivity contribution in [3.8, 4) is 0 Å². The van der Waals surface area contributed by atoms with Crippen LogP contribution in [0.15, 0.2) is 18.3 Å². The van der Waals surface area contributed by atoms with Crippen LogP contribution in [0.2, 0.25) is 0 Å². The molecule has 5 nitrogen and oxygen atoms in total. The third-order valence-electron chi connectivity index (χ3n) is 2.37. The van der Waals surface area contributed by atoms with Gasteiger partial charge < -0.3 is 15.2 Å². The molecule has 0 saturated heterocycles. The molecule has 1 atom stereocenters. The number of aromatic carboxylic acids is 1. The molecule has 0 aliphatic heterocycles. The molecule has 0 spiro atoms. The predicted octanol–water partition coefficient (Wildman–Crippen LogP) is 2.01. The minimum absolute atomic E-state index is 0.189.